The van der Waals surface area contributed by atoms with E-state index in [1.54, 1.807) is 0 Å². The zero-order valence-electron chi connectivity index (χ0n) is 9.95. The van der Waals surface area contributed by atoms with Crippen LogP contribution >= 0.6 is 11.8 Å². The van der Waals surface area contributed by atoms with Crippen LogP contribution in [0.4, 0.5) is 0 Å². The van der Waals surface area contributed by atoms with E-state index in [9.17, 15) is 4.79 Å². The maximum absolute atomic E-state index is 11.9. The highest BCUT2D eigenvalue weighted by Gasteiger charge is 2.28. The van der Waals surface area contributed by atoms with Crippen LogP contribution in [0.3, 0.4) is 0 Å². The molecule has 1 saturated heterocycles. The molecular weight excluding hydrogens is 208 g/mol. The maximum atomic E-state index is 11.9. The van der Waals surface area contributed by atoms with Gasteiger partial charge in [-0.1, -0.05) is 13.8 Å². The highest BCUT2D eigenvalue weighted by Crippen LogP contribution is 2.24. The van der Waals surface area contributed by atoms with E-state index in [-0.39, 0.29) is 0 Å². The highest BCUT2D eigenvalue weighted by atomic mass is 32.2. The predicted molar refractivity (Wildman–Crippen MR) is 66.3 cm³/mol. The van der Waals surface area contributed by atoms with Crippen molar-refractivity contribution in [3.8, 4) is 0 Å². The molecule has 15 heavy (non-hydrogen) atoms. The van der Waals surface area contributed by atoms with Gasteiger partial charge in [0.15, 0.2) is 0 Å². The van der Waals surface area contributed by atoms with Crippen molar-refractivity contribution in [3.63, 3.8) is 0 Å². The SMILES string of the molecule is CCNCCC(=O)N1CCSC(C)C1C. The lowest BCUT2D eigenvalue weighted by molar-refractivity contribution is -0.132. The van der Waals surface area contributed by atoms with Crippen LogP contribution in [0.1, 0.15) is 27.2 Å². The van der Waals surface area contributed by atoms with Crippen molar-refractivity contribution < 1.29 is 4.79 Å². The lowest BCUT2D eigenvalue weighted by Gasteiger charge is -2.37. The molecule has 88 valence electrons. The van der Waals surface area contributed by atoms with Gasteiger partial charge in [0, 0.05) is 36.6 Å². The van der Waals surface area contributed by atoms with Crippen molar-refractivity contribution in [1.29, 1.82) is 0 Å². The van der Waals surface area contributed by atoms with Crippen LogP contribution in [-0.4, -0.2) is 47.5 Å². The van der Waals surface area contributed by atoms with Crippen molar-refractivity contribution in [1.82, 2.24) is 10.2 Å². The van der Waals surface area contributed by atoms with E-state index in [4.69, 9.17) is 0 Å². The summed E-state index contributed by atoms with van der Waals surface area (Å²) in [6, 6.07) is 0.387. The zero-order chi connectivity index (χ0) is 11.3. The van der Waals surface area contributed by atoms with E-state index in [0.29, 0.717) is 23.6 Å². The van der Waals surface area contributed by atoms with Gasteiger partial charge in [-0.25, -0.2) is 0 Å². The number of hydrogen-bond donors (Lipinski definition) is 1. The summed E-state index contributed by atoms with van der Waals surface area (Å²) in [6.45, 7) is 9.09. The fourth-order valence-electron chi connectivity index (χ4n) is 1.80. The molecule has 1 aliphatic heterocycles. The van der Waals surface area contributed by atoms with Crippen LogP contribution < -0.4 is 5.32 Å². The van der Waals surface area contributed by atoms with E-state index in [2.05, 4.69) is 26.1 Å². The van der Waals surface area contributed by atoms with E-state index in [1.807, 2.05) is 16.7 Å². The summed E-state index contributed by atoms with van der Waals surface area (Å²) >= 11 is 1.97. The van der Waals surface area contributed by atoms with E-state index < -0.39 is 0 Å². The molecule has 2 atom stereocenters. The first-order chi connectivity index (χ1) is 7.16. The molecule has 0 radical (unpaired) electrons. The monoisotopic (exact) mass is 230 g/mol. The zero-order valence-corrected chi connectivity index (χ0v) is 10.8. The smallest absolute Gasteiger partial charge is 0.224 e. The van der Waals surface area contributed by atoms with Gasteiger partial charge in [-0.05, 0) is 13.5 Å². The number of carbonyl (C=O) groups is 1. The molecule has 0 bridgehead atoms. The minimum absolute atomic E-state index is 0.301. The van der Waals surface area contributed by atoms with Crippen molar-refractivity contribution in [2.75, 3.05) is 25.4 Å². The highest BCUT2D eigenvalue weighted by molar-refractivity contribution is 8.00. The molecule has 1 rings (SSSR count). The van der Waals surface area contributed by atoms with Crippen LogP contribution in [0.5, 0.6) is 0 Å². The number of nitrogens with one attached hydrogen (secondary N) is 1. The third-order valence-electron chi connectivity index (χ3n) is 2.97. The fraction of sp³-hybridized carbons (Fsp3) is 0.909. The van der Waals surface area contributed by atoms with E-state index >= 15 is 0 Å². The van der Waals surface area contributed by atoms with Crippen LogP contribution in [0.25, 0.3) is 0 Å². The first-order valence-corrected chi connectivity index (χ1v) is 6.83. The summed E-state index contributed by atoms with van der Waals surface area (Å²) in [5.41, 5.74) is 0. The Labute approximate surface area is 97.0 Å². The van der Waals surface area contributed by atoms with Crippen LogP contribution in [0.15, 0.2) is 0 Å². The Balaban J connectivity index is 2.37. The molecule has 0 aliphatic carbocycles. The Bertz CT molecular complexity index is 211. The molecule has 0 spiro atoms. The van der Waals surface area contributed by atoms with Gasteiger partial charge in [-0.3, -0.25) is 4.79 Å². The number of hydrogen-bond acceptors (Lipinski definition) is 3. The lowest BCUT2D eigenvalue weighted by Crippen LogP contribution is -2.48. The van der Waals surface area contributed by atoms with Gasteiger partial charge in [0.1, 0.15) is 0 Å². The first kappa shape index (κ1) is 12.8. The molecule has 1 N–H and O–H groups in total. The van der Waals surface area contributed by atoms with Gasteiger partial charge in [-0.2, -0.15) is 11.8 Å². The Kier molecular flexibility index (Phi) is 5.47. The first-order valence-electron chi connectivity index (χ1n) is 5.78. The summed E-state index contributed by atoms with van der Waals surface area (Å²) in [6.07, 6.45) is 0.634. The van der Waals surface area contributed by atoms with Gasteiger partial charge >= 0.3 is 0 Å². The Morgan fingerprint density at radius 1 is 1.53 bits per heavy atom. The molecule has 0 aromatic heterocycles. The van der Waals surface area contributed by atoms with Gasteiger partial charge < -0.3 is 10.2 Å². The molecule has 0 aromatic rings. The third kappa shape index (κ3) is 3.68. The maximum Gasteiger partial charge on any atom is 0.224 e. The summed E-state index contributed by atoms with van der Waals surface area (Å²) in [5.74, 6) is 1.38. The molecule has 0 saturated carbocycles. The van der Waals surface area contributed by atoms with E-state index in [1.165, 1.54) is 0 Å². The normalized spacial score (nSPS) is 26.7. The number of carbonyl (C=O) groups excluding carboxylic acids is 1. The largest absolute Gasteiger partial charge is 0.338 e. The Morgan fingerprint density at radius 2 is 2.27 bits per heavy atom. The average molecular weight is 230 g/mol. The summed E-state index contributed by atoms with van der Waals surface area (Å²) in [7, 11) is 0. The van der Waals surface area contributed by atoms with Crippen LogP contribution in [0.2, 0.25) is 0 Å². The fourth-order valence-corrected chi connectivity index (χ4v) is 2.90. The predicted octanol–water partition coefficient (Wildman–Crippen LogP) is 1.34. The quantitative estimate of drug-likeness (QED) is 0.740. The van der Waals surface area contributed by atoms with Gasteiger partial charge in [0.05, 0.1) is 0 Å². The molecule has 4 heteroatoms. The second-order valence-electron chi connectivity index (χ2n) is 4.01. The summed E-state index contributed by atoms with van der Waals surface area (Å²) < 4.78 is 0. The second-order valence-corrected chi connectivity index (χ2v) is 5.49. The molecule has 1 heterocycles. The number of nitrogens with zero attached hydrogens (tertiary/aromatic N) is 1. The Morgan fingerprint density at radius 3 is 2.93 bits per heavy atom. The number of amides is 1. The third-order valence-corrected chi connectivity index (χ3v) is 4.31. The Hall–Kier alpha value is -0.220. The minimum atomic E-state index is 0.301. The summed E-state index contributed by atoms with van der Waals surface area (Å²) in [4.78, 5) is 13.9. The second kappa shape index (κ2) is 6.38. The van der Waals surface area contributed by atoms with Crippen molar-refractivity contribution in [2.24, 2.45) is 0 Å². The van der Waals surface area contributed by atoms with Crippen molar-refractivity contribution >= 4 is 17.7 Å². The van der Waals surface area contributed by atoms with Crippen molar-refractivity contribution in [3.05, 3.63) is 0 Å². The molecule has 1 fully saturated rings. The number of thioether (sulfide) groups is 1. The topological polar surface area (TPSA) is 32.3 Å². The minimum Gasteiger partial charge on any atom is -0.338 e. The van der Waals surface area contributed by atoms with E-state index in [0.717, 1.165) is 25.4 Å². The molecular formula is C11H22N2OS. The van der Waals surface area contributed by atoms with Crippen LogP contribution in [-0.2, 0) is 4.79 Å². The summed E-state index contributed by atoms with van der Waals surface area (Å²) in [5, 5.41) is 3.76. The molecule has 3 nitrogen and oxygen atoms in total. The van der Waals surface area contributed by atoms with Crippen LogP contribution in [0, 0.1) is 0 Å². The van der Waals surface area contributed by atoms with Crippen molar-refractivity contribution in [2.45, 2.75) is 38.5 Å². The number of rotatable bonds is 4. The lowest BCUT2D eigenvalue weighted by atomic mass is 10.2. The standard InChI is InChI=1S/C11H22N2OS/c1-4-12-6-5-11(14)13-7-8-15-10(3)9(13)2/h9-10,12H,4-8H2,1-3H3. The molecule has 0 aromatic carbocycles. The average Bonchev–Trinajstić information content (AvgIpc) is 2.22. The van der Waals surface area contributed by atoms with Gasteiger partial charge in [0.25, 0.3) is 0 Å². The van der Waals surface area contributed by atoms with Gasteiger partial charge in [0.2, 0.25) is 5.91 Å². The molecule has 1 amide bonds. The molecule has 2 unspecified atom stereocenters. The van der Waals surface area contributed by atoms with Gasteiger partial charge in [-0.15, -0.1) is 0 Å². The molecule has 1 aliphatic rings.